The van der Waals surface area contributed by atoms with Gasteiger partial charge in [0.05, 0.1) is 12.1 Å². The Bertz CT molecular complexity index is 405. The smallest absolute Gasteiger partial charge is 0.243 e. The van der Waals surface area contributed by atoms with Crippen molar-refractivity contribution in [1.82, 2.24) is 15.5 Å². The number of aromatic nitrogens is 2. The summed E-state index contributed by atoms with van der Waals surface area (Å²) in [5.74, 6) is 1.75. The van der Waals surface area contributed by atoms with Gasteiger partial charge in [0.15, 0.2) is 0 Å². The topological polar surface area (TPSA) is 80.4 Å². The van der Waals surface area contributed by atoms with Crippen LogP contribution in [-0.4, -0.2) is 34.5 Å². The van der Waals surface area contributed by atoms with Crippen LogP contribution in [0.1, 0.15) is 50.0 Å². The van der Waals surface area contributed by atoms with Crippen molar-refractivity contribution in [3.8, 4) is 0 Å². The molecule has 1 aliphatic heterocycles. The van der Waals surface area contributed by atoms with Gasteiger partial charge in [-0.25, -0.2) is 0 Å². The van der Waals surface area contributed by atoms with Gasteiger partial charge in [0.2, 0.25) is 11.7 Å². The number of nitrogens with one attached hydrogen (secondary N) is 1. The van der Waals surface area contributed by atoms with E-state index in [2.05, 4.69) is 15.5 Å². The summed E-state index contributed by atoms with van der Waals surface area (Å²) in [6, 6.07) is -0.0253. The number of aliphatic hydroxyl groups is 1. The fourth-order valence-electron chi connectivity index (χ4n) is 2.41. The van der Waals surface area contributed by atoms with Crippen LogP contribution < -0.4 is 5.32 Å². The minimum atomic E-state index is -0.323. The van der Waals surface area contributed by atoms with Crippen LogP contribution in [0.15, 0.2) is 4.52 Å². The number of hydrogen-bond acceptors (Lipinski definition) is 6. The van der Waals surface area contributed by atoms with Crippen molar-refractivity contribution in [3.05, 3.63) is 11.7 Å². The molecule has 3 rings (SSSR count). The summed E-state index contributed by atoms with van der Waals surface area (Å²) in [6.45, 7) is 3.22. The molecule has 100 valence electrons. The number of hydrogen-bond donors (Lipinski definition) is 2. The zero-order chi connectivity index (χ0) is 12.5. The standard InChI is InChI=1S/C12H19N3O3/c1-2-17-10(7-3-4-7)11-14-12(18-15-11)9-5-8(16)6-13-9/h7-10,13,16H,2-6H2,1H3/t8?,9-,10?/m0/s1. The summed E-state index contributed by atoms with van der Waals surface area (Å²) < 4.78 is 11.0. The average Bonchev–Trinajstić information content (AvgIpc) is 2.91. The Kier molecular flexibility index (Phi) is 3.32. The number of β-amino-alcohol motifs (C(OH)–C–C–N with tert-alkyl or cyclic N) is 1. The lowest BCUT2D eigenvalue weighted by Crippen LogP contribution is -2.15. The van der Waals surface area contributed by atoms with E-state index in [9.17, 15) is 5.11 Å². The van der Waals surface area contributed by atoms with Gasteiger partial charge >= 0.3 is 0 Å². The van der Waals surface area contributed by atoms with E-state index < -0.39 is 0 Å². The van der Waals surface area contributed by atoms with Gasteiger partial charge in [-0.3, -0.25) is 0 Å². The lowest BCUT2D eigenvalue weighted by atomic mass is 10.2. The minimum Gasteiger partial charge on any atom is -0.392 e. The molecule has 0 amide bonds. The van der Waals surface area contributed by atoms with Gasteiger partial charge in [0.1, 0.15) is 6.10 Å². The number of rotatable bonds is 5. The van der Waals surface area contributed by atoms with Crippen molar-refractivity contribution >= 4 is 0 Å². The Hall–Kier alpha value is -0.980. The third-order valence-electron chi connectivity index (χ3n) is 3.51. The second-order valence-electron chi connectivity index (χ2n) is 5.05. The predicted molar refractivity (Wildman–Crippen MR) is 62.8 cm³/mol. The first-order chi connectivity index (χ1) is 8.78. The lowest BCUT2D eigenvalue weighted by molar-refractivity contribution is 0.0384. The summed E-state index contributed by atoms with van der Waals surface area (Å²) in [7, 11) is 0. The van der Waals surface area contributed by atoms with Gasteiger partial charge in [0, 0.05) is 13.2 Å². The van der Waals surface area contributed by atoms with Gasteiger partial charge in [-0.1, -0.05) is 5.16 Å². The van der Waals surface area contributed by atoms with Gasteiger partial charge in [-0.15, -0.1) is 0 Å². The Morgan fingerprint density at radius 1 is 1.56 bits per heavy atom. The first kappa shape index (κ1) is 12.1. The molecule has 3 atom stereocenters. The molecule has 2 fully saturated rings. The van der Waals surface area contributed by atoms with Crippen LogP contribution >= 0.6 is 0 Å². The quantitative estimate of drug-likeness (QED) is 0.813. The molecule has 2 N–H and O–H groups in total. The second-order valence-corrected chi connectivity index (χ2v) is 5.05. The van der Waals surface area contributed by atoms with Crippen molar-refractivity contribution in [2.75, 3.05) is 13.2 Å². The van der Waals surface area contributed by atoms with Crippen LogP contribution in [0.2, 0.25) is 0 Å². The third kappa shape index (κ3) is 2.41. The molecule has 6 heteroatoms. The summed E-state index contributed by atoms with van der Waals surface area (Å²) in [5, 5.41) is 16.7. The van der Waals surface area contributed by atoms with Crippen LogP contribution in [0, 0.1) is 5.92 Å². The molecular formula is C12H19N3O3. The molecule has 1 aliphatic carbocycles. The molecule has 1 saturated heterocycles. The van der Waals surface area contributed by atoms with Crippen molar-refractivity contribution in [1.29, 1.82) is 0 Å². The summed E-state index contributed by atoms with van der Waals surface area (Å²) in [6.07, 6.45) is 2.63. The van der Waals surface area contributed by atoms with E-state index in [0.29, 0.717) is 37.2 Å². The predicted octanol–water partition coefficient (Wildman–Crippen LogP) is 0.953. The Labute approximate surface area is 106 Å². The fraction of sp³-hybridized carbons (Fsp3) is 0.833. The molecule has 2 aliphatic rings. The maximum atomic E-state index is 9.48. The van der Waals surface area contributed by atoms with Crippen molar-refractivity contribution in [2.45, 2.75) is 44.4 Å². The van der Waals surface area contributed by atoms with Crippen LogP contribution in [0.25, 0.3) is 0 Å². The van der Waals surface area contributed by atoms with Crippen LogP contribution in [0.4, 0.5) is 0 Å². The van der Waals surface area contributed by atoms with Gasteiger partial charge in [0.25, 0.3) is 0 Å². The highest BCUT2D eigenvalue weighted by Gasteiger charge is 2.37. The Balaban J connectivity index is 1.71. The molecule has 1 aromatic rings. The van der Waals surface area contributed by atoms with Gasteiger partial charge < -0.3 is 19.7 Å². The number of ether oxygens (including phenoxy) is 1. The maximum Gasteiger partial charge on any atom is 0.243 e. The van der Waals surface area contributed by atoms with E-state index in [1.54, 1.807) is 0 Å². The highest BCUT2D eigenvalue weighted by Crippen LogP contribution is 2.42. The summed E-state index contributed by atoms with van der Waals surface area (Å²) in [5.41, 5.74) is 0. The largest absolute Gasteiger partial charge is 0.392 e. The van der Waals surface area contributed by atoms with E-state index in [1.165, 1.54) is 12.8 Å². The normalized spacial score (nSPS) is 29.7. The zero-order valence-corrected chi connectivity index (χ0v) is 10.5. The number of nitrogens with zero attached hydrogens (tertiary/aromatic N) is 2. The molecule has 1 saturated carbocycles. The molecule has 0 bridgehead atoms. The maximum absolute atomic E-state index is 9.48. The first-order valence-corrected chi connectivity index (χ1v) is 6.64. The molecule has 0 radical (unpaired) electrons. The first-order valence-electron chi connectivity index (χ1n) is 6.64. The molecule has 18 heavy (non-hydrogen) atoms. The van der Waals surface area contributed by atoms with Gasteiger partial charge in [-0.2, -0.15) is 4.98 Å². The SMILES string of the molecule is CCOC(c1noc([C@@H]2CC(O)CN2)n1)C1CC1. The molecule has 1 aromatic heterocycles. The third-order valence-corrected chi connectivity index (χ3v) is 3.51. The van der Waals surface area contributed by atoms with E-state index in [1.807, 2.05) is 6.92 Å². The fourth-order valence-corrected chi connectivity index (χ4v) is 2.41. The zero-order valence-electron chi connectivity index (χ0n) is 10.5. The monoisotopic (exact) mass is 253 g/mol. The number of aliphatic hydroxyl groups excluding tert-OH is 1. The molecule has 0 aromatic carbocycles. The van der Waals surface area contributed by atoms with Crippen LogP contribution in [0.5, 0.6) is 0 Å². The Morgan fingerprint density at radius 3 is 3.00 bits per heavy atom. The van der Waals surface area contributed by atoms with Crippen LogP contribution in [0.3, 0.4) is 0 Å². The molecule has 6 nitrogen and oxygen atoms in total. The second kappa shape index (κ2) is 4.95. The van der Waals surface area contributed by atoms with E-state index in [4.69, 9.17) is 9.26 Å². The minimum absolute atomic E-state index is 0.0253. The van der Waals surface area contributed by atoms with Crippen molar-refractivity contribution in [3.63, 3.8) is 0 Å². The molecular weight excluding hydrogens is 234 g/mol. The van der Waals surface area contributed by atoms with Crippen molar-refractivity contribution < 1.29 is 14.4 Å². The van der Waals surface area contributed by atoms with E-state index in [0.717, 1.165) is 0 Å². The van der Waals surface area contributed by atoms with E-state index >= 15 is 0 Å². The summed E-state index contributed by atoms with van der Waals surface area (Å²) >= 11 is 0. The van der Waals surface area contributed by atoms with Crippen molar-refractivity contribution in [2.24, 2.45) is 5.92 Å². The van der Waals surface area contributed by atoms with Crippen LogP contribution in [-0.2, 0) is 4.74 Å². The average molecular weight is 253 g/mol. The Morgan fingerprint density at radius 2 is 2.39 bits per heavy atom. The van der Waals surface area contributed by atoms with E-state index in [-0.39, 0.29) is 18.2 Å². The molecule has 2 heterocycles. The van der Waals surface area contributed by atoms with Gasteiger partial charge in [-0.05, 0) is 32.1 Å². The lowest BCUT2D eigenvalue weighted by Gasteiger charge is -2.11. The highest BCUT2D eigenvalue weighted by atomic mass is 16.5. The highest BCUT2D eigenvalue weighted by molar-refractivity contribution is 5.02. The molecule has 2 unspecified atom stereocenters. The summed E-state index contributed by atoms with van der Waals surface area (Å²) in [4.78, 5) is 4.43. The molecule has 0 spiro atoms.